The van der Waals surface area contributed by atoms with Crippen molar-refractivity contribution in [2.24, 2.45) is 0 Å². The van der Waals surface area contributed by atoms with Crippen LogP contribution in [0.4, 0.5) is 11.4 Å². The Hall–Kier alpha value is -2.53. The van der Waals surface area contributed by atoms with Crippen molar-refractivity contribution in [1.29, 1.82) is 0 Å². The van der Waals surface area contributed by atoms with Crippen LogP contribution in [-0.4, -0.2) is 43.2 Å². The number of aliphatic hydroxyl groups is 1. The number of aliphatic hydroxyl groups excluding tert-OH is 1. The van der Waals surface area contributed by atoms with Crippen LogP contribution in [0, 0.1) is 0 Å². The van der Waals surface area contributed by atoms with E-state index in [0.717, 1.165) is 40.5 Å². The molecule has 4 nitrogen and oxygen atoms in total. The van der Waals surface area contributed by atoms with Gasteiger partial charge in [0.2, 0.25) is 0 Å². The topological polar surface area (TPSA) is 38.7 Å². The van der Waals surface area contributed by atoms with E-state index in [-0.39, 0.29) is 0 Å². The van der Waals surface area contributed by atoms with Gasteiger partial charge in [-0.3, -0.25) is 0 Å². The first-order valence-electron chi connectivity index (χ1n) is 10.3. The molecule has 0 aromatic heterocycles. The third kappa shape index (κ3) is 4.62. The Labute approximate surface area is 183 Å². The van der Waals surface area contributed by atoms with Crippen molar-refractivity contribution in [3.63, 3.8) is 0 Å². The number of rotatable bonds is 6. The zero-order valence-corrected chi connectivity index (χ0v) is 18.2. The maximum absolute atomic E-state index is 10.6. The highest BCUT2D eigenvalue weighted by Gasteiger charge is 2.24. The lowest BCUT2D eigenvalue weighted by atomic mass is 10.0. The van der Waals surface area contributed by atoms with Crippen molar-refractivity contribution in [2.75, 3.05) is 37.4 Å². The van der Waals surface area contributed by atoms with Gasteiger partial charge in [-0.25, -0.2) is 0 Å². The fraction of sp³-hybridized carbons (Fsp3) is 0.280. The summed E-state index contributed by atoms with van der Waals surface area (Å²) in [5.74, 6) is 0. The standard InChI is InChI=1S/C25H28ClN3O/c1-28(2)22-15-16-29(17-22)21-13-11-20(12-14-21)27-25(30)19-9-7-18(8-10-19)23-5-3-4-6-24(23)26/h3-14,22,25,27,30H,15-17H2,1-2H3. The minimum atomic E-state index is -0.777. The first kappa shape index (κ1) is 20.7. The lowest BCUT2D eigenvalue weighted by Gasteiger charge is -2.22. The number of nitrogens with one attached hydrogen (secondary N) is 1. The fourth-order valence-electron chi connectivity index (χ4n) is 3.95. The monoisotopic (exact) mass is 421 g/mol. The number of halogens is 1. The number of likely N-dealkylation sites (N-methyl/N-ethyl adjacent to an activating group) is 1. The maximum Gasteiger partial charge on any atom is 0.150 e. The van der Waals surface area contributed by atoms with Crippen LogP contribution in [0.3, 0.4) is 0 Å². The summed E-state index contributed by atoms with van der Waals surface area (Å²) in [5, 5.41) is 14.5. The van der Waals surface area contributed by atoms with Gasteiger partial charge in [-0.2, -0.15) is 0 Å². The number of benzene rings is 3. The minimum absolute atomic E-state index is 0.610. The second kappa shape index (κ2) is 9.09. The van der Waals surface area contributed by atoms with Gasteiger partial charge in [0.15, 0.2) is 6.23 Å². The second-order valence-electron chi connectivity index (χ2n) is 8.05. The Morgan fingerprint density at radius 2 is 1.70 bits per heavy atom. The molecule has 156 valence electrons. The third-order valence-corrected chi connectivity index (χ3v) is 6.17. The van der Waals surface area contributed by atoms with Gasteiger partial charge in [0.05, 0.1) is 0 Å². The summed E-state index contributed by atoms with van der Waals surface area (Å²) in [4.78, 5) is 4.71. The molecule has 1 heterocycles. The van der Waals surface area contributed by atoms with Crippen molar-refractivity contribution in [3.8, 4) is 11.1 Å². The molecule has 1 aliphatic rings. The van der Waals surface area contributed by atoms with Gasteiger partial charge in [0.1, 0.15) is 0 Å². The number of hydrogen-bond acceptors (Lipinski definition) is 4. The summed E-state index contributed by atoms with van der Waals surface area (Å²) < 4.78 is 0. The molecular formula is C25H28ClN3O. The summed E-state index contributed by atoms with van der Waals surface area (Å²) in [5.41, 5.74) is 4.95. The summed E-state index contributed by atoms with van der Waals surface area (Å²) >= 11 is 6.28. The van der Waals surface area contributed by atoms with Crippen molar-refractivity contribution >= 4 is 23.0 Å². The van der Waals surface area contributed by atoms with Crippen molar-refractivity contribution in [3.05, 3.63) is 83.4 Å². The van der Waals surface area contributed by atoms with Gasteiger partial charge < -0.3 is 20.2 Å². The van der Waals surface area contributed by atoms with E-state index in [2.05, 4.69) is 41.3 Å². The molecule has 0 aliphatic carbocycles. The largest absolute Gasteiger partial charge is 0.370 e. The highest BCUT2D eigenvalue weighted by molar-refractivity contribution is 6.33. The van der Waals surface area contributed by atoms with Crippen LogP contribution in [-0.2, 0) is 0 Å². The SMILES string of the molecule is CN(C)C1CCN(c2ccc(NC(O)c3ccc(-c4ccccc4Cl)cc3)cc2)C1. The molecular weight excluding hydrogens is 394 g/mol. The highest BCUT2D eigenvalue weighted by Crippen LogP contribution is 2.29. The molecule has 1 fully saturated rings. The average molecular weight is 422 g/mol. The molecule has 2 N–H and O–H groups in total. The highest BCUT2D eigenvalue weighted by atomic mass is 35.5. The Balaban J connectivity index is 1.39. The summed E-state index contributed by atoms with van der Waals surface area (Å²) in [6.45, 7) is 2.14. The first-order chi connectivity index (χ1) is 14.5. The lowest BCUT2D eigenvalue weighted by Crippen LogP contribution is -2.31. The Kier molecular flexibility index (Phi) is 6.28. The summed E-state index contributed by atoms with van der Waals surface area (Å²) in [6.07, 6.45) is 0.414. The molecule has 0 radical (unpaired) electrons. The van der Waals surface area contributed by atoms with E-state index in [4.69, 9.17) is 11.6 Å². The minimum Gasteiger partial charge on any atom is -0.370 e. The molecule has 0 amide bonds. The molecule has 2 unspecified atom stereocenters. The predicted molar refractivity (Wildman–Crippen MR) is 126 cm³/mol. The Morgan fingerprint density at radius 3 is 2.33 bits per heavy atom. The molecule has 4 rings (SSSR count). The van der Waals surface area contributed by atoms with Crippen LogP contribution in [0.15, 0.2) is 72.8 Å². The van der Waals surface area contributed by atoms with Crippen molar-refractivity contribution in [2.45, 2.75) is 18.7 Å². The van der Waals surface area contributed by atoms with Crippen molar-refractivity contribution < 1.29 is 5.11 Å². The van der Waals surface area contributed by atoms with Crippen LogP contribution in [0.1, 0.15) is 18.2 Å². The van der Waals surface area contributed by atoms with Gasteiger partial charge in [-0.15, -0.1) is 0 Å². The number of hydrogen-bond donors (Lipinski definition) is 2. The second-order valence-corrected chi connectivity index (χ2v) is 8.45. The maximum atomic E-state index is 10.6. The zero-order chi connectivity index (χ0) is 21.1. The van der Waals surface area contributed by atoms with E-state index in [0.29, 0.717) is 6.04 Å². The van der Waals surface area contributed by atoms with Gasteiger partial charge in [-0.05, 0) is 56.4 Å². The van der Waals surface area contributed by atoms with Crippen LogP contribution in [0.5, 0.6) is 0 Å². The Bertz CT molecular complexity index is 972. The van der Waals surface area contributed by atoms with E-state index in [1.54, 1.807) is 0 Å². The van der Waals surface area contributed by atoms with E-state index in [1.807, 2.05) is 60.7 Å². The molecule has 2 atom stereocenters. The first-order valence-corrected chi connectivity index (χ1v) is 10.7. The quantitative estimate of drug-likeness (QED) is 0.533. The van der Waals surface area contributed by atoms with Gasteiger partial charge in [0, 0.05) is 46.7 Å². The van der Waals surface area contributed by atoms with Crippen LogP contribution in [0.2, 0.25) is 5.02 Å². The van der Waals surface area contributed by atoms with E-state index in [1.165, 1.54) is 12.1 Å². The van der Waals surface area contributed by atoms with E-state index >= 15 is 0 Å². The number of anilines is 2. The normalized spacial score (nSPS) is 17.4. The summed E-state index contributed by atoms with van der Waals surface area (Å²) in [6, 6.07) is 24.5. The molecule has 0 bridgehead atoms. The predicted octanol–water partition coefficient (Wildman–Crippen LogP) is 5.25. The van der Waals surface area contributed by atoms with Crippen molar-refractivity contribution in [1.82, 2.24) is 4.90 Å². The molecule has 3 aromatic carbocycles. The van der Waals surface area contributed by atoms with Crippen LogP contribution < -0.4 is 10.2 Å². The third-order valence-electron chi connectivity index (χ3n) is 5.84. The zero-order valence-electron chi connectivity index (χ0n) is 17.4. The molecule has 30 heavy (non-hydrogen) atoms. The van der Waals surface area contributed by atoms with E-state index < -0.39 is 6.23 Å². The van der Waals surface area contributed by atoms with Crippen LogP contribution in [0.25, 0.3) is 11.1 Å². The fourth-order valence-corrected chi connectivity index (χ4v) is 4.19. The molecule has 5 heteroatoms. The van der Waals surface area contributed by atoms with Gasteiger partial charge in [0.25, 0.3) is 0 Å². The average Bonchev–Trinajstić information content (AvgIpc) is 3.25. The smallest absolute Gasteiger partial charge is 0.150 e. The lowest BCUT2D eigenvalue weighted by molar-refractivity contribution is 0.208. The number of nitrogens with zero attached hydrogens (tertiary/aromatic N) is 2. The van der Waals surface area contributed by atoms with E-state index in [9.17, 15) is 5.11 Å². The van der Waals surface area contributed by atoms with Gasteiger partial charge >= 0.3 is 0 Å². The molecule has 3 aromatic rings. The Morgan fingerprint density at radius 1 is 1.00 bits per heavy atom. The molecule has 0 spiro atoms. The molecule has 1 saturated heterocycles. The molecule has 0 saturated carbocycles. The summed E-state index contributed by atoms with van der Waals surface area (Å²) in [7, 11) is 4.28. The van der Waals surface area contributed by atoms with Crippen LogP contribution >= 0.6 is 11.6 Å². The molecule has 1 aliphatic heterocycles. The van der Waals surface area contributed by atoms with Gasteiger partial charge in [-0.1, -0.05) is 54.1 Å².